The van der Waals surface area contributed by atoms with E-state index in [1.165, 1.54) is 13.8 Å². The van der Waals surface area contributed by atoms with Gasteiger partial charge in [-0.25, -0.2) is 14.3 Å². The molecule has 9 N–H and O–H groups in total. The molecule has 216 valence electrons. The van der Waals surface area contributed by atoms with E-state index in [1.807, 2.05) is 0 Å². The van der Waals surface area contributed by atoms with Crippen LogP contribution in [0.5, 0.6) is 0 Å². The molecule has 16 atom stereocenters. The minimum Gasteiger partial charge on any atom is -0.479 e. The topological polar surface area (TPSA) is 281 Å². The zero-order chi connectivity index (χ0) is 27.8. The van der Waals surface area contributed by atoms with Crippen molar-refractivity contribution in [1.82, 2.24) is 0 Å². The Kier molecular flexibility index (Phi) is 10.3. The number of aliphatic carboxylic acids is 1. The van der Waals surface area contributed by atoms with Crippen LogP contribution in [0.2, 0.25) is 0 Å². The Morgan fingerprint density at radius 2 is 1.30 bits per heavy atom. The van der Waals surface area contributed by atoms with Gasteiger partial charge in [0.2, 0.25) is 0 Å². The van der Waals surface area contributed by atoms with Gasteiger partial charge in [-0.05, 0) is 13.8 Å². The molecule has 0 radical (unpaired) electrons. The maximum absolute atomic E-state index is 12.0. The zero-order valence-electron chi connectivity index (χ0n) is 19.3. The van der Waals surface area contributed by atoms with Crippen LogP contribution in [0.25, 0.3) is 0 Å². The first-order valence-electron chi connectivity index (χ1n) is 11.0. The Morgan fingerprint density at radius 1 is 0.730 bits per heavy atom. The molecule has 0 aliphatic carbocycles. The van der Waals surface area contributed by atoms with Crippen LogP contribution in [0.3, 0.4) is 0 Å². The smallest absolute Gasteiger partial charge is 0.335 e. The third-order valence-electron chi connectivity index (χ3n) is 6.27. The number of aliphatic hydroxyl groups excluding tert-OH is 7. The van der Waals surface area contributed by atoms with Crippen LogP contribution < -0.4 is 0 Å². The predicted molar refractivity (Wildman–Crippen MR) is 110 cm³/mol. The van der Waals surface area contributed by atoms with Gasteiger partial charge >= 0.3 is 5.97 Å². The summed E-state index contributed by atoms with van der Waals surface area (Å²) in [5, 5.41) is 91.6. The number of hydrogen-bond donors (Lipinski definition) is 9. The highest BCUT2D eigenvalue weighted by atomic mass is 32.2. The van der Waals surface area contributed by atoms with Crippen LogP contribution in [0.1, 0.15) is 13.8 Å². The van der Waals surface area contributed by atoms with Gasteiger partial charge in [0.1, 0.15) is 54.1 Å². The van der Waals surface area contributed by atoms with Crippen LogP contribution >= 0.6 is 0 Å². The Bertz CT molecular complexity index is 803. The number of ether oxygens (including phenoxy) is 5. The van der Waals surface area contributed by atoms with Gasteiger partial charge in [0.05, 0.1) is 12.2 Å². The first-order chi connectivity index (χ1) is 17.3. The molecule has 3 fully saturated rings. The molecule has 3 aliphatic rings. The highest BCUT2D eigenvalue weighted by molar-refractivity contribution is 7.80. The standard InChI is InChI=1S/C18H30O18S/c1-3-5(19)11(32-17-10(24)8(22)14(4(2)31-17)37(29)36-35-28)13(16(27)30-3)34-18-9(23)6(20)7(21)12(33-18)15(25)26/h3-14,16-24,27-28H,1-2H3,(H,25,26)/t3?,4?,5-,6-,7+,8-,9?,10?,11+,12?,13?,14-,16-,17+,18-,37?/m1/s1. The first-order valence-corrected chi connectivity index (χ1v) is 12.1. The van der Waals surface area contributed by atoms with Crippen molar-refractivity contribution in [3.05, 3.63) is 0 Å². The van der Waals surface area contributed by atoms with Crippen LogP contribution in [-0.4, -0.2) is 148 Å². The van der Waals surface area contributed by atoms with Gasteiger partial charge < -0.3 is 64.5 Å². The van der Waals surface area contributed by atoms with Crippen molar-refractivity contribution in [2.45, 2.75) is 105 Å². The van der Waals surface area contributed by atoms with Crippen molar-refractivity contribution >= 4 is 17.0 Å². The average Bonchev–Trinajstić information content (AvgIpc) is 2.82. The molecule has 3 rings (SSSR count). The van der Waals surface area contributed by atoms with E-state index in [0.29, 0.717) is 0 Å². The summed E-state index contributed by atoms with van der Waals surface area (Å²) >= 11 is -2.49. The van der Waals surface area contributed by atoms with Crippen molar-refractivity contribution in [2.24, 2.45) is 0 Å². The van der Waals surface area contributed by atoms with Crippen molar-refractivity contribution in [2.75, 3.05) is 0 Å². The summed E-state index contributed by atoms with van der Waals surface area (Å²) in [5.41, 5.74) is 0. The molecule has 3 heterocycles. The summed E-state index contributed by atoms with van der Waals surface area (Å²) in [6.45, 7) is 2.65. The van der Waals surface area contributed by atoms with E-state index in [4.69, 9.17) is 28.9 Å². The molecule has 3 saturated heterocycles. The van der Waals surface area contributed by atoms with Crippen molar-refractivity contribution < 1.29 is 88.2 Å². The highest BCUT2D eigenvalue weighted by Gasteiger charge is 2.54. The lowest BCUT2D eigenvalue weighted by Crippen LogP contribution is -2.66. The monoisotopic (exact) mass is 566 g/mol. The molecule has 0 bridgehead atoms. The van der Waals surface area contributed by atoms with E-state index in [0.717, 1.165) is 0 Å². The van der Waals surface area contributed by atoms with Gasteiger partial charge in [-0.3, -0.25) is 0 Å². The minimum atomic E-state index is -2.49. The minimum absolute atomic E-state index is 1.10. The van der Waals surface area contributed by atoms with E-state index < -0.39 is 108 Å². The second kappa shape index (κ2) is 12.5. The molecular formula is C18H30O18S. The summed E-state index contributed by atoms with van der Waals surface area (Å²) in [6, 6.07) is 0. The molecule has 18 nitrogen and oxygen atoms in total. The molecule has 37 heavy (non-hydrogen) atoms. The molecule has 0 spiro atoms. The van der Waals surface area contributed by atoms with Crippen LogP contribution in [-0.2, 0) is 48.9 Å². The number of rotatable bonds is 8. The lowest BCUT2D eigenvalue weighted by atomic mass is 9.97. The molecule has 0 amide bonds. The van der Waals surface area contributed by atoms with Gasteiger partial charge in [-0.2, -0.15) is 0 Å². The summed E-state index contributed by atoms with van der Waals surface area (Å²) < 4.78 is 42.7. The fourth-order valence-electron chi connectivity index (χ4n) is 4.24. The van der Waals surface area contributed by atoms with E-state index in [1.54, 1.807) is 0 Å². The van der Waals surface area contributed by atoms with Crippen molar-refractivity contribution in [1.29, 1.82) is 0 Å². The lowest BCUT2D eigenvalue weighted by Gasteiger charge is -2.47. The van der Waals surface area contributed by atoms with Crippen molar-refractivity contribution in [3.8, 4) is 0 Å². The van der Waals surface area contributed by atoms with Gasteiger partial charge in [-0.1, -0.05) is 5.04 Å². The maximum Gasteiger partial charge on any atom is 0.335 e. The van der Waals surface area contributed by atoms with Gasteiger partial charge in [-0.15, -0.1) is 4.33 Å². The van der Waals surface area contributed by atoms with E-state index >= 15 is 0 Å². The first kappa shape index (κ1) is 30.6. The lowest BCUT2D eigenvalue weighted by molar-refractivity contribution is -0.435. The largest absolute Gasteiger partial charge is 0.479 e. The number of hydrogen-bond acceptors (Lipinski definition) is 17. The van der Waals surface area contributed by atoms with Gasteiger partial charge in [0.15, 0.2) is 36.1 Å². The van der Waals surface area contributed by atoms with E-state index in [-0.39, 0.29) is 0 Å². The maximum atomic E-state index is 12.0. The number of aliphatic hydroxyl groups is 7. The summed E-state index contributed by atoms with van der Waals surface area (Å²) in [7, 11) is 0. The predicted octanol–water partition coefficient (Wildman–Crippen LogP) is -5.33. The zero-order valence-corrected chi connectivity index (χ0v) is 20.1. The Balaban J connectivity index is 1.81. The van der Waals surface area contributed by atoms with Crippen molar-refractivity contribution in [3.63, 3.8) is 0 Å². The van der Waals surface area contributed by atoms with Gasteiger partial charge in [0.25, 0.3) is 0 Å². The van der Waals surface area contributed by atoms with Gasteiger partial charge in [0, 0.05) is 0 Å². The Morgan fingerprint density at radius 3 is 1.89 bits per heavy atom. The Hall–Kier alpha value is -0.980. The second-order valence-electron chi connectivity index (χ2n) is 8.72. The molecule has 19 heteroatoms. The number of carbonyl (C=O) groups is 1. The summed E-state index contributed by atoms with van der Waals surface area (Å²) in [4.78, 5) is 11.4. The van der Waals surface area contributed by atoms with E-state index in [9.17, 15) is 49.9 Å². The quantitative estimate of drug-likeness (QED) is 0.0979. The highest BCUT2D eigenvalue weighted by Crippen LogP contribution is 2.33. The molecule has 0 aromatic carbocycles. The molecule has 7 unspecified atom stereocenters. The van der Waals surface area contributed by atoms with Crippen LogP contribution in [0.4, 0.5) is 0 Å². The normalized spacial score (nSPS) is 49.9. The fourth-order valence-corrected chi connectivity index (χ4v) is 5.16. The average molecular weight is 566 g/mol. The molecular weight excluding hydrogens is 536 g/mol. The number of carboxylic acids is 1. The second-order valence-corrected chi connectivity index (χ2v) is 9.92. The fraction of sp³-hybridized carbons (Fsp3) is 0.944. The Labute approximate surface area is 210 Å². The molecule has 0 saturated carbocycles. The summed E-state index contributed by atoms with van der Waals surface area (Å²) in [5.74, 6) is -1.70. The third kappa shape index (κ3) is 6.27. The van der Waals surface area contributed by atoms with Crippen LogP contribution in [0, 0.1) is 0 Å². The molecule has 3 aliphatic heterocycles. The molecule has 0 aromatic heterocycles. The SMILES string of the molecule is CC1O[C@@H](O)C(O[C@H]2OC(C(=O)O)[C@@H](O)[C@@H](O)C2O)[C@@H](O[C@@H]2OC(C)[C@@H](S(=O)OOO)[C@H](O)C2O)[C@@H]1O. The third-order valence-corrected chi connectivity index (χ3v) is 7.57. The molecule has 0 aromatic rings. The summed E-state index contributed by atoms with van der Waals surface area (Å²) in [6.07, 6.45) is -24.8. The van der Waals surface area contributed by atoms with E-state index in [2.05, 4.69) is 9.37 Å². The number of carboxylic acid groups (broad SMARTS) is 1. The van der Waals surface area contributed by atoms with Crippen LogP contribution in [0.15, 0.2) is 0 Å².